The van der Waals surface area contributed by atoms with Gasteiger partial charge in [0.25, 0.3) is 15.0 Å². The van der Waals surface area contributed by atoms with E-state index in [1.54, 1.807) is 4.90 Å². The molecule has 116 valence electrons. The number of amides is 1. The Kier molecular flexibility index (Phi) is 5.08. The van der Waals surface area contributed by atoms with Crippen molar-refractivity contribution in [2.45, 2.75) is 37.1 Å². The summed E-state index contributed by atoms with van der Waals surface area (Å²) in [6, 6.07) is 2.59. The van der Waals surface area contributed by atoms with Gasteiger partial charge in [-0.15, -0.1) is 0 Å². The van der Waals surface area contributed by atoms with E-state index in [9.17, 15) is 13.2 Å². The summed E-state index contributed by atoms with van der Waals surface area (Å²) >= 11 is 12.1. The molecule has 0 spiro atoms. The lowest BCUT2D eigenvalue weighted by molar-refractivity contribution is 0.0636. The quantitative estimate of drug-likeness (QED) is 0.741. The van der Waals surface area contributed by atoms with Gasteiger partial charge in [-0.25, -0.2) is 8.42 Å². The van der Waals surface area contributed by atoms with Crippen LogP contribution < -0.4 is 0 Å². The van der Waals surface area contributed by atoms with Gasteiger partial charge in [0.2, 0.25) is 0 Å². The predicted molar refractivity (Wildman–Crippen MR) is 83.9 cm³/mol. The van der Waals surface area contributed by atoms with E-state index in [1.807, 2.05) is 6.92 Å². The fraction of sp³-hybridized carbons (Fsp3) is 0.462. The monoisotopic (exact) mass is 369 g/mol. The van der Waals surface area contributed by atoms with Crippen LogP contribution in [0.2, 0.25) is 10.0 Å². The second kappa shape index (κ2) is 6.32. The summed E-state index contributed by atoms with van der Waals surface area (Å²) in [4.78, 5) is 14.0. The predicted octanol–water partition coefficient (Wildman–Crippen LogP) is 3.94. The molecule has 0 aliphatic carbocycles. The fourth-order valence-corrected chi connectivity index (χ4v) is 4.35. The summed E-state index contributed by atoms with van der Waals surface area (Å²) in [6.45, 7) is 2.55. The molecule has 1 aliphatic rings. The lowest BCUT2D eigenvalue weighted by atomic mass is 10.0. The van der Waals surface area contributed by atoms with E-state index in [-0.39, 0.29) is 32.5 Å². The zero-order chi connectivity index (χ0) is 15.8. The zero-order valence-electron chi connectivity index (χ0n) is 11.3. The van der Waals surface area contributed by atoms with Crippen molar-refractivity contribution in [1.82, 2.24) is 4.90 Å². The topological polar surface area (TPSA) is 54.5 Å². The number of nitrogens with zero attached hydrogens (tertiary/aromatic N) is 1. The number of rotatable bonds is 2. The van der Waals surface area contributed by atoms with Gasteiger partial charge in [-0.3, -0.25) is 4.79 Å². The van der Waals surface area contributed by atoms with Crippen molar-refractivity contribution < 1.29 is 13.2 Å². The van der Waals surface area contributed by atoms with Crippen LogP contribution >= 0.6 is 33.9 Å². The first-order chi connectivity index (χ1) is 9.73. The van der Waals surface area contributed by atoms with E-state index in [0.29, 0.717) is 6.54 Å². The Morgan fingerprint density at radius 3 is 2.52 bits per heavy atom. The van der Waals surface area contributed by atoms with Crippen molar-refractivity contribution in [1.29, 1.82) is 0 Å². The van der Waals surface area contributed by atoms with Crippen LogP contribution in [0.3, 0.4) is 0 Å². The zero-order valence-corrected chi connectivity index (χ0v) is 14.4. The minimum absolute atomic E-state index is 0.00573. The molecule has 1 amide bonds. The normalized spacial score (nSPS) is 19.6. The Bertz CT molecular complexity index is 675. The number of carbonyl (C=O) groups excluding carboxylic acids is 1. The van der Waals surface area contributed by atoms with Gasteiger partial charge in [0, 0.05) is 23.3 Å². The Hall–Kier alpha value is -0.490. The number of piperidine rings is 1. The smallest absolute Gasteiger partial charge is 0.262 e. The van der Waals surface area contributed by atoms with Crippen LogP contribution in [-0.2, 0) is 9.05 Å². The van der Waals surface area contributed by atoms with Crippen molar-refractivity contribution in [3.8, 4) is 0 Å². The van der Waals surface area contributed by atoms with Gasteiger partial charge in [-0.1, -0.05) is 23.2 Å². The summed E-state index contributed by atoms with van der Waals surface area (Å²) in [7, 11) is 1.29. The van der Waals surface area contributed by atoms with E-state index in [4.69, 9.17) is 33.9 Å². The highest BCUT2D eigenvalue weighted by molar-refractivity contribution is 8.13. The lowest BCUT2D eigenvalue weighted by Crippen LogP contribution is -2.42. The molecule has 1 heterocycles. The van der Waals surface area contributed by atoms with Gasteiger partial charge >= 0.3 is 0 Å². The van der Waals surface area contributed by atoms with Crippen LogP contribution in [0.4, 0.5) is 0 Å². The average molecular weight is 371 g/mol. The molecule has 8 heteroatoms. The molecule has 4 nitrogen and oxygen atoms in total. The van der Waals surface area contributed by atoms with E-state index in [2.05, 4.69) is 0 Å². The summed E-state index contributed by atoms with van der Waals surface area (Å²) in [5.74, 6) is -0.362. The molecule has 0 bridgehead atoms. The van der Waals surface area contributed by atoms with Gasteiger partial charge in [0.15, 0.2) is 0 Å². The van der Waals surface area contributed by atoms with E-state index in [0.717, 1.165) is 19.3 Å². The second-order valence-corrected chi connectivity index (χ2v) is 8.34. The van der Waals surface area contributed by atoms with E-state index in [1.165, 1.54) is 12.1 Å². The molecule has 1 atom stereocenters. The molecule has 1 fully saturated rings. The minimum atomic E-state index is -4.04. The molecule has 1 aromatic rings. The third-order valence-electron chi connectivity index (χ3n) is 3.60. The van der Waals surface area contributed by atoms with Crippen LogP contribution in [0.5, 0.6) is 0 Å². The van der Waals surface area contributed by atoms with Crippen molar-refractivity contribution in [3.63, 3.8) is 0 Å². The molecule has 1 saturated heterocycles. The molecule has 1 aliphatic heterocycles. The molecule has 0 radical (unpaired) electrons. The fourth-order valence-electron chi connectivity index (χ4n) is 2.46. The van der Waals surface area contributed by atoms with Crippen molar-refractivity contribution in [3.05, 3.63) is 27.7 Å². The Balaban J connectivity index is 2.50. The number of hydrogen-bond donors (Lipinski definition) is 0. The van der Waals surface area contributed by atoms with Gasteiger partial charge in [-0.2, -0.15) is 0 Å². The maximum absolute atomic E-state index is 12.7. The summed E-state index contributed by atoms with van der Waals surface area (Å²) in [5, 5.41) is -0.105. The number of hydrogen-bond acceptors (Lipinski definition) is 3. The van der Waals surface area contributed by atoms with Gasteiger partial charge in [-0.05, 0) is 38.3 Å². The minimum Gasteiger partial charge on any atom is -0.336 e. The molecule has 0 saturated carbocycles. The van der Waals surface area contributed by atoms with Crippen LogP contribution in [-0.4, -0.2) is 31.8 Å². The lowest BCUT2D eigenvalue weighted by Gasteiger charge is -2.34. The summed E-state index contributed by atoms with van der Waals surface area (Å²) in [5.41, 5.74) is -0.00573. The summed E-state index contributed by atoms with van der Waals surface area (Å²) < 4.78 is 23.0. The molecular weight excluding hydrogens is 357 g/mol. The van der Waals surface area contributed by atoms with Crippen molar-refractivity contribution >= 4 is 48.8 Å². The molecule has 1 aromatic carbocycles. The Labute approximate surface area is 138 Å². The molecule has 21 heavy (non-hydrogen) atoms. The van der Waals surface area contributed by atoms with Gasteiger partial charge < -0.3 is 4.90 Å². The number of halogens is 3. The number of carbonyl (C=O) groups is 1. The Morgan fingerprint density at radius 2 is 1.95 bits per heavy atom. The molecule has 1 unspecified atom stereocenters. The molecular formula is C13H14Cl3NO3S. The molecule has 0 N–H and O–H groups in total. The summed E-state index contributed by atoms with van der Waals surface area (Å²) in [6.07, 6.45) is 2.86. The van der Waals surface area contributed by atoms with Gasteiger partial charge in [0.05, 0.1) is 15.6 Å². The standard InChI is InChI=1S/C13H14Cl3NO3S/c1-8-4-2-3-7-17(8)13(18)11-9(14)5-6-10(12(11)15)21(16,19)20/h5-6,8H,2-4,7H2,1H3. The van der Waals surface area contributed by atoms with Gasteiger partial charge in [0.1, 0.15) is 4.90 Å². The van der Waals surface area contributed by atoms with Crippen LogP contribution in [0.25, 0.3) is 0 Å². The highest BCUT2D eigenvalue weighted by Crippen LogP contribution is 2.34. The molecule has 2 rings (SSSR count). The second-order valence-electron chi connectivity index (χ2n) is 5.02. The van der Waals surface area contributed by atoms with Crippen molar-refractivity contribution in [2.75, 3.05) is 6.54 Å². The largest absolute Gasteiger partial charge is 0.336 e. The highest BCUT2D eigenvalue weighted by atomic mass is 35.7. The van der Waals surface area contributed by atoms with E-state index < -0.39 is 9.05 Å². The maximum Gasteiger partial charge on any atom is 0.262 e. The van der Waals surface area contributed by atoms with E-state index >= 15 is 0 Å². The van der Waals surface area contributed by atoms with Crippen LogP contribution in [0.1, 0.15) is 36.5 Å². The van der Waals surface area contributed by atoms with Crippen LogP contribution in [0, 0.1) is 0 Å². The first-order valence-corrected chi connectivity index (χ1v) is 9.53. The number of benzene rings is 1. The SMILES string of the molecule is CC1CCCCN1C(=O)c1c(Cl)ccc(S(=O)(=O)Cl)c1Cl. The first kappa shape index (κ1) is 16.9. The Morgan fingerprint density at radius 1 is 1.29 bits per heavy atom. The first-order valence-electron chi connectivity index (χ1n) is 6.47. The maximum atomic E-state index is 12.7. The third-order valence-corrected chi connectivity index (χ3v) is 5.78. The van der Waals surface area contributed by atoms with Crippen molar-refractivity contribution in [2.24, 2.45) is 0 Å². The number of likely N-dealkylation sites (tertiary alicyclic amines) is 1. The average Bonchev–Trinajstić information content (AvgIpc) is 2.37. The van der Waals surface area contributed by atoms with Crippen LogP contribution in [0.15, 0.2) is 17.0 Å². The molecule has 0 aromatic heterocycles. The highest BCUT2D eigenvalue weighted by Gasteiger charge is 2.30. The third kappa shape index (κ3) is 3.47.